The lowest BCUT2D eigenvalue weighted by Crippen LogP contribution is -2.27. The van der Waals surface area contributed by atoms with Gasteiger partial charge in [-0.05, 0) is 24.8 Å². The van der Waals surface area contributed by atoms with Crippen LogP contribution in [0.3, 0.4) is 0 Å². The first kappa shape index (κ1) is 14.6. The third-order valence-corrected chi connectivity index (χ3v) is 4.05. The van der Waals surface area contributed by atoms with E-state index in [0.29, 0.717) is 23.1 Å². The van der Waals surface area contributed by atoms with E-state index in [1.807, 2.05) is 0 Å². The Balaban J connectivity index is 2.07. The van der Waals surface area contributed by atoms with Gasteiger partial charge in [-0.25, -0.2) is 9.78 Å². The largest absolute Gasteiger partial charge is 0.465 e. The van der Waals surface area contributed by atoms with Crippen LogP contribution in [0.1, 0.15) is 49.4 Å². The Morgan fingerprint density at radius 3 is 3.05 bits per heavy atom. The number of carbonyl (C=O) groups excluding carboxylic acids is 1. The fraction of sp³-hybridized carbons (Fsp3) is 0.600. The molecule has 1 aromatic rings. The van der Waals surface area contributed by atoms with Gasteiger partial charge in [-0.15, -0.1) is 0 Å². The summed E-state index contributed by atoms with van der Waals surface area (Å²) in [6, 6.07) is 2.10. The van der Waals surface area contributed by atoms with Crippen molar-refractivity contribution in [3.05, 3.63) is 17.8 Å². The van der Waals surface area contributed by atoms with E-state index < -0.39 is 5.97 Å². The normalized spacial score (nSPS) is 22.3. The average molecular weight is 277 g/mol. The first-order chi connectivity index (χ1) is 9.63. The molecule has 0 radical (unpaired) electrons. The van der Waals surface area contributed by atoms with Gasteiger partial charge in [0.05, 0.1) is 24.6 Å². The average Bonchev–Trinajstić information content (AvgIpc) is 2.48. The van der Waals surface area contributed by atoms with Gasteiger partial charge in [-0.3, -0.25) is 0 Å². The molecule has 3 N–H and O–H groups in total. The van der Waals surface area contributed by atoms with Crippen molar-refractivity contribution in [2.24, 2.45) is 5.92 Å². The zero-order chi connectivity index (χ0) is 14.5. The highest BCUT2D eigenvalue weighted by Gasteiger charge is 2.21. The number of anilines is 2. The van der Waals surface area contributed by atoms with Crippen LogP contribution in [-0.4, -0.2) is 24.1 Å². The monoisotopic (exact) mass is 277 g/mol. The molecule has 1 heterocycles. The van der Waals surface area contributed by atoms with E-state index in [-0.39, 0.29) is 0 Å². The lowest BCUT2D eigenvalue weighted by molar-refractivity contribution is 0.0602. The van der Waals surface area contributed by atoms with Crippen LogP contribution < -0.4 is 11.1 Å². The first-order valence-electron chi connectivity index (χ1n) is 7.24. The molecule has 1 saturated carbocycles. The van der Waals surface area contributed by atoms with Crippen LogP contribution >= 0.6 is 0 Å². The van der Waals surface area contributed by atoms with Crippen molar-refractivity contribution in [3.63, 3.8) is 0 Å². The summed E-state index contributed by atoms with van der Waals surface area (Å²) < 4.78 is 4.72. The molecular weight excluding hydrogens is 254 g/mol. The Morgan fingerprint density at radius 2 is 2.35 bits per heavy atom. The second-order valence-corrected chi connectivity index (χ2v) is 5.43. The minimum Gasteiger partial charge on any atom is -0.465 e. The highest BCUT2D eigenvalue weighted by atomic mass is 16.5. The number of carbonyl (C=O) groups is 1. The van der Waals surface area contributed by atoms with Crippen LogP contribution in [0.5, 0.6) is 0 Å². The number of aromatic nitrogens is 1. The number of nitrogens with one attached hydrogen (secondary N) is 1. The number of ether oxygens (including phenoxy) is 1. The Kier molecular flexibility index (Phi) is 4.82. The second kappa shape index (κ2) is 6.59. The standard InChI is InChI=1S/C15H23N3O2/c1-3-10-5-4-6-11(7-10)18-14-8-12(15(19)20-2)13(16)9-17-14/h8-11H,3-7,16H2,1-2H3,(H,17,18). The fourth-order valence-corrected chi connectivity index (χ4v) is 2.83. The third-order valence-electron chi connectivity index (χ3n) is 4.05. The molecule has 110 valence electrons. The maximum Gasteiger partial charge on any atom is 0.340 e. The third kappa shape index (κ3) is 3.40. The topological polar surface area (TPSA) is 77.2 Å². The zero-order valence-corrected chi connectivity index (χ0v) is 12.2. The van der Waals surface area contributed by atoms with Gasteiger partial charge in [0.1, 0.15) is 5.82 Å². The van der Waals surface area contributed by atoms with Crippen LogP contribution in [0.15, 0.2) is 12.3 Å². The van der Waals surface area contributed by atoms with E-state index in [2.05, 4.69) is 17.2 Å². The highest BCUT2D eigenvalue weighted by molar-refractivity contribution is 5.95. The van der Waals surface area contributed by atoms with E-state index in [0.717, 1.165) is 18.8 Å². The van der Waals surface area contributed by atoms with E-state index in [1.165, 1.54) is 32.6 Å². The molecule has 0 saturated heterocycles. The predicted octanol–water partition coefficient (Wildman–Crippen LogP) is 2.83. The number of hydrogen-bond acceptors (Lipinski definition) is 5. The van der Waals surface area contributed by atoms with Gasteiger partial charge >= 0.3 is 5.97 Å². The molecule has 0 amide bonds. The van der Waals surface area contributed by atoms with Crippen molar-refractivity contribution >= 4 is 17.5 Å². The van der Waals surface area contributed by atoms with Crippen LogP contribution in [0, 0.1) is 5.92 Å². The summed E-state index contributed by atoms with van der Waals surface area (Å²) >= 11 is 0. The SMILES string of the molecule is CCC1CCCC(Nc2cc(C(=O)OC)c(N)cn2)C1. The van der Waals surface area contributed by atoms with Gasteiger partial charge < -0.3 is 15.8 Å². The number of pyridine rings is 1. The van der Waals surface area contributed by atoms with Gasteiger partial charge in [0, 0.05) is 6.04 Å². The molecule has 2 atom stereocenters. The summed E-state index contributed by atoms with van der Waals surface area (Å²) in [5.74, 6) is 1.06. The van der Waals surface area contributed by atoms with Crippen molar-refractivity contribution in [1.29, 1.82) is 0 Å². The molecule has 0 aliphatic heterocycles. The maximum atomic E-state index is 11.6. The van der Waals surface area contributed by atoms with E-state index in [4.69, 9.17) is 10.5 Å². The number of esters is 1. The number of methoxy groups -OCH3 is 1. The van der Waals surface area contributed by atoms with Crippen molar-refractivity contribution in [2.45, 2.75) is 45.1 Å². The molecule has 0 spiro atoms. The van der Waals surface area contributed by atoms with Crippen molar-refractivity contribution in [2.75, 3.05) is 18.2 Å². The van der Waals surface area contributed by atoms with Crippen molar-refractivity contribution < 1.29 is 9.53 Å². The van der Waals surface area contributed by atoms with E-state index in [9.17, 15) is 4.79 Å². The quantitative estimate of drug-likeness (QED) is 0.827. The van der Waals surface area contributed by atoms with Gasteiger partial charge in [0.25, 0.3) is 0 Å². The molecule has 20 heavy (non-hydrogen) atoms. The summed E-state index contributed by atoms with van der Waals surface area (Å²) in [6.07, 6.45) is 7.61. The zero-order valence-electron chi connectivity index (χ0n) is 12.2. The Bertz CT molecular complexity index is 476. The minimum absolute atomic E-state index is 0.345. The summed E-state index contributed by atoms with van der Waals surface area (Å²) in [5, 5.41) is 3.42. The summed E-state index contributed by atoms with van der Waals surface area (Å²) in [6.45, 7) is 2.24. The number of nitrogen functional groups attached to an aromatic ring is 1. The smallest absolute Gasteiger partial charge is 0.340 e. The molecule has 2 rings (SSSR count). The molecule has 0 bridgehead atoms. The molecule has 1 aromatic heterocycles. The predicted molar refractivity (Wildman–Crippen MR) is 79.6 cm³/mol. The summed E-state index contributed by atoms with van der Waals surface area (Å²) in [4.78, 5) is 15.9. The van der Waals surface area contributed by atoms with Gasteiger partial charge in [0.2, 0.25) is 0 Å². The summed E-state index contributed by atoms with van der Waals surface area (Å²) in [5.41, 5.74) is 6.46. The molecule has 0 aromatic carbocycles. The molecule has 1 aliphatic rings. The van der Waals surface area contributed by atoms with Gasteiger partial charge in [-0.2, -0.15) is 0 Å². The van der Waals surface area contributed by atoms with Gasteiger partial charge in [0.15, 0.2) is 0 Å². The van der Waals surface area contributed by atoms with E-state index in [1.54, 1.807) is 6.07 Å². The summed E-state index contributed by atoms with van der Waals surface area (Å²) in [7, 11) is 1.35. The number of nitrogens with zero attached hydrogens (tertiary/aromatic N) is 1. The second-order valence-electron chi connectivity index (χ2n) is 5.43. The van der Waals surface area contributed by atoms with Crippen molar-refractivity contribution in [1.82, 2.24) is 4.98 Å². The lowest BCUT2D eigenvalue weighted by atomic mass is 9.84. The number of rotatable bonds is 4. The number of nitrogens with two attached hydrogens (primary N) is 1. The maximum absolute atomic E-state index is 11.6. The Hall–Kier alpha value is -1.78. The molecular formula is C15H23N3O2. The van der Waals surface area contributed by atoms with Crippen LogP contribution in [0.2, 0.25) is 0 Å². The van der Waals surface area contributed by atoms with Crippen molar-refractivity contribution in [3.8, 4) is 0 Å². The van der Waals surface area contributed by atoms with Crippen LogP contribution in [-0.2, 0) is 4.74 Å². The van der Waals surface area contributed by atoms with Crippen LogP contribution in [0.4, 0.5) is 11.5 Å². The lowest BCUT2D eigenvalue weighted by Gasteiger charge is -2.29. The highest BCUT2D eigenvalue weighted by Crippen LogP contribution is 2.28. The molecule has 2 unspecified atom stereocenters. The van der Waals surface area contributed by atoms with E-state index >= 15 is 0 Å². The van der Waals surface area contributed by atoms with Crippen LogP contribution in [0.25, 0.3) is 0 Å². The molecule has 5 nitrogen and oxygen atoms in total. The molecule has 1 fully saturated rings. The first-order valence-corrected chi connectivity index (χ1v) is 7.24. The molecule has 5 heteroatoms. The number of hydrogen-bond donors (Lipinski definition) is 2. The fourth-order valence-electron chi connectivity index (χ4n) is 2.83. The molecule has 1 aliphatic carbocycles. The Morgan fingerprint density at radius 1 is 1.55 bits per heavy atom. The van der Waals surface area contributed by atoms with Gasteiger partial charge in [-0.1, -0.05) is 26.2 Å². The minimum atomic E-state index is -0.428. The Labute approximate surface area is 119 Å².